The van der Waals surface area contributed by atoms with Crippen LogP contribution in [0, 0.1) is 6.42 Å². The summed E-state index contributed by atoms with van der Waals surface area (Å²) in [6, 6.07) is 8.38. The van der Waals surface area contributed by atoms with E-state index in [0.29, 0.717) is 0 Å². The van der Waals surface area contributed by atoms with Crippen LogP contribution in [0.3, 0.4) is 0 Å². The van der Waals surface area contributed by atoms with Gasteiger partial charge in [-0.15, -0.1) is 0 Å². The molecule has 61 valence electrons. The van der Waals surface area contributed by atoms with Crippen molar-refractivity contribution in [3.8, 4) is 0 Å². The molecule has 12 heavy (non-hydrogen) atoms. The lowest BCUT2D eigenvalue weighted by molar-refractivity contribution is 0.281. The minimum absolute atomic E-state index is 0.920. The van der Waals surface area contributed by atoms with Crippen LogP contribution in [0.15, 0.2) is 36.1 Å². The van der Waals surface area contributed by atoms with Gasteiger partial charge >= 0.3 is 0 Å². The largest absolute Gasteiger partial charge is 0.501 e. The van der Waals surface area contributed by atoms with Gasteiger partial charge in [0.2, 0.25) is 0 Å². The smallest absolute Gasteiger partial charge is 0.0966 e. The highest BCUT2D eigenvalue weighted by Gasteiger charge is 2.09. The maximum Gasteiger partial charge on any atom is 0.0966 e. The first kappa shape index (κ1) is 7.41. The molecule has 0 spiro atoms. The summed E-state index contributed by atoms with van der Waals surface area (Å²) >= 11 is 0. The average Bonchev–Trinajstić information content (AvgIpc) is 2.17. The van der Waals surface area contributed by atoms with Gasteiger partial charge in [-0.25, -0.2) is 0 Å². The van der Waals surface area contributed by atoms with Crippen LogP contribution in [-0.4, -0.2) is 7.11 Å². The predicted octanol–water partition coefficient (Wildman–Crippen LogP) is 2.33. The Bertz CT molecular complexity index is 313. The third kappa shape index (κ3) is 1.22. The fraction of sp³-hybridized carbons (Fsp3) is 0.182. The lowest BCUT2D eigenvalue weighted by Gasteiger charge is -2.14. The Morgan fingerprint density at radius 1 is 1.25 bits per heavy atom. The molecule has 0 amide bonds. The van der Waals surface area contributed by atoms with Crippen LogP contribution in [0.25, 0.3) is 0 Å². The molecule has 1 heteroatoms. The fourth-order valence-electron chi connectivity index (χ4n) is 1.43. The number of rotatable bonds is 1. The third-order valence-electron chi connectivity index (χ3n) is 2.13. The van der Waals surface area contributed by atoms with Crippen molar-refractivity contribution in [2.75, 3.05) is 7.11 Å². The normalized spacial score (nSPS) is 14.9. The van der Waals surface area contributed by atoms with Crippen LogP contribution in [0.2, 0.25) is 0 Å². The standard InChI is InChI=1S/C11H11O/c1-12-11-7-6-9-4-2-3-5-10(9)8-11/h2-7H,8H2,1H3. The van der Waals surface area contributed by atoms with Crippen molar-refractivity contribution in [2.45, 2.75) is 6.42 Å². The van der Waals surface area contributed by atoms with Crippen LogP contribution in [0.4, 0.5) is 0 Å². The predicted molar refractivity (Wildman–Crippen MR) is 48.6 cm³/mol. The minimum atomic E-state index is 0.920. The minimum Gasteiger partial charge on any atom is -0.501 e. The molecule has 0 fully saturated rings. The monoisotopic (exact) mass is 159 g/mol. The third-order valence-corrected chi connectivity index (χ3v) is 2.13. The summed E-state index contributed by atoms with van der Waals surface area (Å²) in [5, 5.41) is 0. The molecule has 0 atom stereocenters. The van der Waals surface area contributed by atoms with E-state index < -0.39 is 0 Å². The van der Waals surface area contributed by atoms with E-state index >= 15 is 0 Å². The summed E-state index contributed by atoms with van der Waals surface area (Å²) in [6.45, 7) is 0. The van der Waals surface area contributed by atoms with E-state index in [4.69, 9.17) is 4.74 Å². The fourth-order valence-corrected chi connectivity index (χ4v) is 1.43. The highest BCUT2D eigenvalue weighted by molar-refractivity contribution is 5.42. The number of hydrogen-bond acceptors (Lipinski definition) is 1. The van der Waals surface area contributed by atoms with Gasteiger partial charge in [-0.2, -0.15) is 0 Å². The number of benzene rings is 1. The van der Waals surface area contributed by atoms with Gasteiger partial charge in [0.25, 0.3) is 0 Å². The van der Waals surface area contributed by atoms with Gasteiger partial charge in [-0.1, -0.05) is 24.3 Å². The van der Waals surface area contributed by atoms with E-state index in [2.05, 4.69) is 30.7 Å². The maximum atomic E-state index is 5.18. The van der Waals surface area contributed by atoms with E-state index in [-0.39, 0.29) is 0 Å². The van der Waals surface area contributed by atoms with Gasteiger partial charge < -0.3 is 4.74 Å². The van der Waals surface area contributed by atoms with Crippen molar-refractivity contribution in [3.63, 3.8) is 0 Å². The van der Waals surface area contributed by atoms with Crippen LogP contribution < -0.4 is 0 Å². The van der Waals surface area contributed by atoms with Crippen molar-refractivity contribution in [1.82, 2.24) is 0 Å². The number of hydrogen-bond donors (Lipinski definition) is 0. The van der Waals surface area contributed by atoms with Crippen molar-refractivity contribution < 1.29 is 4.74 Å². The molecule has 1 aliphatic carbocycles. The van der Waals surface area contributed by atoms with E-state index in [1.165, 1.54) is 11.1 Å². The average molecular weight is 159 g/mol. The maximum absolute atomic E-state index is 5.18. The molecule has 2 rings (SSSR count). The molecule has 0 aliphatic heterocycles. The number of methoxy groups -OCH3 is 1. The molecule has 1 aromatic rings. The highest BCUT2D eigenvalue weighted by Crippen LogP contribution is 2.21. The Morgan fingerprint density at radius 2 is 2.08 bits per heavy atom. The van der Waals surface area contributed by atoms with Crippen LogP contribution in [0.1, 0.15) is 11.1 Å². The highest BCUT2D eigenvalue weighted by atomic mass is 16.5. The summed E-state index contributed by atoms with van der Waals surface area (Å²) in [5.74, 6) is 1.04. The molecule has 1 aliphatic rings. The van der Waals surface area contributed by atoms with Gasteiger partial charge in [0.05, 0.1) is 12.9 Å². The molecule has 1 aromatic carbocycles. The first-order valence-corrected chi connectivity index (χ1v) is 4.06. The van der Waals surface area contributed by atoms with E-state index in [9.17, 15) is 0 Å². The Kier molecular flexibility index (Phi) is 1.86. The van der Waals surface area contributed by atoms with Crippen LogP contribution >= 0.6 is 0 Å². The molecule has 1 nitrogen and oxygen atoms in total. The van der Waals surface area contributed by atoms with Gasteiger partial charge in [-0.3, -0.25) is 0 Å². The molecule has 0 N–H and O–H groups in total. The van der Waals surface area contributed by atoms with Gasteiger partial charge in [-0.05, 0) is 17.2 Å². The van der Waals surface area contributed by atoms with Gasteiger partial charge in [0, 0.05) is 12.8 Å². The topological polar surface area (TPSA) is 9.23 Å². The lowest BCUT2D eigenvalue weighted by atomic mass is 9.96. The van der Waals surface area contributed by atoms with Crippen molar-refractivity contribution in [3.05, 3.63) is 53.6 Å². The zero-order valence-corrected chi connectivity index (χ0v) is 7.08. The zero-order valence-electron chi connectivity index (χ0n) is 7.08. The van der Waals surface area contributed by atoms with Crippen molar-refractivity contribution >= 4 is 0 Å². The van der Waals surface area contributed by atoms with Gasteiger partial charge in [0.15, 0.2) is 0 Å². The van der Waals surface area contributed by atoms with Crippen molar-refractivity contribution in [1.29, 1.82) is 0 Å². The molecule has 0 aromatic heterocycles. The van der Waals surface area contributed by atoms with E-state index in [1.807, 2.05) is 6.08 Å². The zero-order chi connectivity index (χ0) is 8.39. The van der Waals surface area contributed by atoms with Gasteiger partial charge in [0.1, 0.15) is 0 Å². The second-order valence-corrected chi connectivity index (χ2v) is 2.88. The Hall–Kier alpha value is -1.24. The Labute approximate surface area is 72.7 Å². The van der Waals surface area contributed by atoms with E-state index in [0.717, 1.165) is 12.2 Å². The molecule has 0 unspecified atom stereocenters. The number of ether oxygens (including phenoxy) is 1. The van der Waals surface area contributed by atoms with E-state index in [1.54, 1.807) is 7.11 Å². The molecule has 0 saturated carbocycles. The summed E-state index contributed by atoms with van der Waals surface area (Å²) < 4.78 is 5.18. The Balaban J connectivity index is 2.31. The first-order valence-electron chi connectivity index (χ1n) is 4.06. The molecular weight excluding hydrogens is 148 g/mol. The molecule has 0 bridgehead atoms. The van der Waals surface area contributed by atoms with Crippen LogP contribution in [0.5, 0.6) is 0 Å². The quantitative estimate of drug-likeness (QED) is 0.611. The second kappa shape index (κ2) is 3.02. The second-order valence-electron chi connectivity index (χ2n) is 2.88. The molecule has 0 saturated heterocycles. The summed E-state index contributed by atoms with van der Waals surface area (Å²) in [5.41, 5.74) is 2.65. The summed E-state index contributed by atoms with van der Waals surface area (Å²) in [6.07, 6.45) is 5.04. The number of fused-ring (bicyclic) bond motifs is 1. The Morgan fingerprint density at radius 3 is 2.92 bits per heavy atom. The van der Waals surface area contributed by atoms with Crippen molar-refractivity contribution in [2.24, 2.45) is 0 Å². The molecular formula is C11H11O. The lowest BCUT2D eigenvalue weighted by Crippen LogP contribution is -2.02. The SMILES string of the molecule is COC1=C[CH]c2ccccc2C1. The van der Waals surface area contributed by atoms with Crippen LogP contribution in [-0.2, 0) is 11.2 Å². The molecule has 1 radical (unpaired) electrons. The summed E-state index contributed by atoms with van der Waals surface area (Å²) in [4.78, 5) is 0. The number of allylic oxidation sites excluding steroid dienone is 2. The molecule has 0 heterocycles. The first-order chi connectivity index (χ1) is 5.90. The summed E-state index contributed by atoms with van der Waals surface area (Å²) in [7, 11) is 1.72.